The van der Waals surface area contributed by atoms with Crippen LogP contribution in [0.2, 0.25) is 0 Å². The van der Waals surface area contributed by atoms with E-state index in [2.05, 4.69) is 10.3 Å². The van der Waals surface area contributed by atoms with Gasteiger partial charge in [-0.2, -0.15) is 0 Å². The van der Waals surface area contributed by atoms with Crippen molar-refractivity contribution in [3.8, 4) is 5.75 Å². The predicted octanol–water partition coefficient (Wildman–Crippen LogP) is 4.32. The molecule has 1 aromatic carbocycles. The van der Waals surface area contributed by atoms with E-state index in [0.717, 1.165) is 11.1 Å². The Morgan fingerprint density at radius 1 is 1.15 bits per heavy atom. The molecule has 0 bridgehead atoms. The number of hydrogen-bond acceptors (Lipinski definition) is 5. The van der Waals surface area contributed by atoms with Gasteiger partial charge in [0.2, 0.25) is 0 Å². The van der Waals surface area contributed by atoms with Crippen LogP contribution >= 0.6 is 11.3 Å². The number of pyridine rings is 1. The molecule has 3 rings (SSSR count). The Labute approximate surface area is 155 Å². The van der Waals surface area contributed by atoms with Crippen molar-refractivity contribution in [3.63, 3.8) is 0 Å². The normalized spacial score (nSPS) is 10.7. The van der Waals surface area contributed by atoms with Gasteiger partial charge in [-0.05, 0) is 65.9 Å². The largest absolute Gasteiger partial charge is 0.423 e. The number of benzene rings is 1. The maximum Gasteiger partial charge on any atom is 0.336 e. The minimum absolute atomic E-state index is 0.167. The number of thiophene rings is 1. The molecule has 0 aliphatic heterocycles. The van der Waals surface area contributed by atoms with Crippen molar-refractivity contribution in [2.24, 2.45) is 0 Å². The number of anilines is 1. The van der Waals surface area contributed by atoms with Gasteiger partial charge in [-0.15, -0.1) is 11.3 Å². The Balaban J connectivity index is 1.58. The molecular formula is C20H16N2O3S. The van der Waals surface area contributed by atoms with Crippen molar-refractivity contribution in [1.82, 2.24) is 4.98 Å². The summed E-state index contributed by atoms with van der Waals surface area (Å²) in [6, 6.07) is 12.1. The molecular weight excluding hydrogens is 348 g/mol. The van der Waals surface area contributed by atoms with E-state index in [0.29, 0.717) is 16.3 Å². The highest BCUT2D eigenvalue weighted by Crippen LogP contribution is 2.18. The summed E-state index contributed by atoms with van der Waals surface area (Å²) in [5, 5.41) is 4.63. The molecule has 26 heavy (non-hydrogen) atoms. The van der Waals surface area contributed by atoms with Gasteiger partial charge in [-0.25, -0.2) is 4.79 Å². The highest BCUT2D eigenvalue weighted by atomic mass is 32.1. The van der Waals surface area contributed by atoms with Crippen LogP contribution in [-0.4, -0.2) is 16.9 Å². The van der Waals surface area contributed by atoms with Crippen LogP contribution in [0.5, 0.6) is 5.75 Å². The zero-order valence-electron chi connectivity index (χ0n) is 14.0. The van der Waals surface area contributed by atoms with Crippen LogP contribution in [0.1, 0.15) is 20.8 Å². The molecule has 2 heterocycles. The maximum atomic E-state index is 12.0. The molecule has 2 aromatic heterocycles. The molecule has 0 atom stereocenters. The lowest BCUT2D eigenvalue weighted by Gasteiger charge is -2.05. The number of nitrogens with one attached hydrogen (secondary N) is 1. The first-order chi connectivity index (χ1) is 12.6. The Hall–Kier alpha value is -3.25. The van der Waals surface area contributed by atoms with Crippen LogP contribution in [0, 0.1) is 6.92 Å². The Bertz CT molecular complexity index is 932. The highest BCUT2D eigenvalue weighted by Gasteiger charge is 2.07. The quantitative estimate of drug-likeness (QED) is 0.416. The van der Waals surface area contributed by atoms with Gasteiger partial charge >= 0.3 is 5.97 Å². The minimum atomic E-state index is -0.483. The number of carbonyl (C=O) groups is 2. The van der Waals surface area contributed by atoms with E-state index in [1.165, 1.54) is 17.4 Å². The summed E-state index contributed by atoms with van der Waals surface area (Å²) in [7, 11) is 0. The SMILES string of the molecule is Cc1ccncc1/C=C/C(=O)Oc1ccc(NC(=O)c2cccs2)cc1. The first-order valence-electron chi connectivity index (χ1n) is 7.87. The Morgan fingerprint density at radius 2 is 1.96 bits per heavy atom. The zero-order chi connectivity index (χ0) is 18.4. The lowest BCUT2D eigenvalue weighted by atomic mass is 10.1. The Kier molecular flexibility index (Phi) is 5.56. The second kappa shape index (κ2) is 8.22. The van der Waals surface area contributed by atoms with Crippen molar-refractivity contribution in [3.05, 3.63) is 82.3 Å². The molecule has 5 nitrogen and oxygen atoms in total. The average molecular weight is 364 g/mol. The molecule has 1 N–H and O–H groups in total. The monoisotopic (exact) mass is 364 g/mol. The molecule has 0 fully saturated rings. The molecule has 0 saturated heterocycles. The number of esters is 1. The van der Waals surface area contributed by atoms with E-state index in [1.807, 2.05) is 24.4 Å². The third-order valence-electron chi connectivity index (χ3n) is 3.55. The lowest BCUT2D eigenvalue weighted by molar-refractivity contribution is -0.128. The van der Waals surface area contributed by atoms with Crippen molar-refractivity contribution < 1.29 is 14.3 Å². The number of hydrogen-bond donors (Lipinski definition) is 1. The number of aryl methyl sites for hydroxylation is 1. The van der Waals surface area contributed by atoms with Gasteiger partial charge in [0.25, 0.3) is 5.91 Å². The molecule has 0 unspecified atom stereocenters. The number of aromatic nitrogens is 1. The first kappa shape index (κ1) is 17.6. The van der Waals surface area contributed by atoms with Crippen LogP contribution in [0.15, 0.2) is 66.3 Å². The van der Waals surface area contributed by atoms with Gasteiger partial charge < -0.3 is 10.1 Å². The smallest absolute Gasteiger partial charge is 0.336 e. The van der Waals surface area contributed by atoms with Crippen molar-refractivity contribution in [1.29, 1.82) is 0 Å². The summed E-state index contributed by atoms with van der Waals surface area (Å²) in [4.78, 5) is 28.6. The second-order valence-electron chi connectivity index (χ2n) is 5.44. The fourth-order valence-electron chi connectivity index (χ4n) is 2.17. The fourth-order valence-corrected chi connectivity index (χ4v) is 2.78. The van der Waals surface area contributed by atoms with E-state index >= 15 is 0 Å². The summed E-state index contributed by atoms with van der Waals surface area (Å²) in [6.07, 6.45) is 6.41. The molecule has 0 radical (unpaired) electrons. The molecule has 0 aliphatic rings. The molecule has 0 spiro atoms. The van der Waals surface area contributed by atoms with Gasteiger partial charge in [-0.3, -0.25) is 9.78 Å². The number of rotatable bonds is 5. The van der Waals surface area contributed by atoms with E-state index < -0.39 is 5.97 Å². The van der Waals surface area contributed by atoms with Gasteiger partial charge in [0.15, 0.2) is 0 Å². The van der Waals surface area contributed by atoms with E-state index in [1.54, 1.807) is 48.8 Å². The third kappa shape index (κ3) is 4.64. The summed E-state index contributed by atoms with van der Waals surface area (Å²) in [5.74, 6) is -0.250. The standard InChI is InChI=1S/C20H16N2O3S/c1-14-10-11-21-13-15(14)4-9-19(23)25-17-7-5-16(6-8-17)22-20(24)18-3-2-12-26-18/h2-13H,1H3,(H,22,24)/b9-4+. The summed E-state index contributed by atoms with van der Waals surface area (Å²) in [5.41, 5.74) is 2.51. The number of ether oxygens (including phenoxy) is 1. The third-order valence-corrected chi connectivity index (χ3v) is 4.42. The van der Waals surface area contributed by atoms with Gasteiger partial charge in [0.1, 0.15) is 5.75 Å². The van der Waals surface area contributed by atoms with Crippen LogP contribution < -0.4 is 10.1 Å². The van der Waals surface area contributed by atoms with Crippen LogP contribution in [0.3, 0.4) is 0 Å². The van der Waals surface area contributed by atoms with Gasteiger partial charge in [-0.1, -0.05) is 6.07 Å². The molecule has 1 amide bonds. The minimum Gasteiger partial charge on any atom is -0.423 e. The van der Waals surface area contributed by atoms with E-state index in [-0.39, 0.29) is 5.91 Å². The highest BCUT2D eigenvalue weighted by molar-refractivity contribution is 7.12. The Morgan fingerprint density at radius 3 is 2.65 bits per heavy atom. The molecule has 0 aliphatic carbocycles. The summed E-state index contributed by atoms with van der Waals surface area (Å²) in [6.45, 7) is 1.94. The van der Waals surface area contributed by atoms with E-state index in [4.69, 9.17) is 4.74 Å². The van der Waals surface area contributed by atoms with Crippen LogP contribution in [0.25, 0.3) is 6.08 Å². The molecule has 6 heteroatoms. The summed E-state index contributed by atoms with van der Waals surface area (Å²) >= 11 is 1.37. The van der Waals surface area contributed by atoms with Crippen LogP contribution in [-0.2, 0) is 4.79 Å². The number of amides is 1. The first-order valence-corrected chi connectivity index (χ1v) is 8.75. The lowest BCUT2D eigenvalue weighted by Crippen LogP contribution is -2.10. The number of nitrogens with zero attached hydrogens (tertiary/aromatic N) is 1. The van der Waals surface area contributed by atoms with Crippen molar-refractivity contribution in [2.45, 2.75) is 6.92 Å². The topological polar surface area (TPSA) is 68.3 Å². The van der Waals surface area contributed by atoms with Crippen molar-refractivity contribution >= 4 is 35.0 Å². The van der Waals surface area contributed by atoms with Crippen molar-refractivity contribution in [2.75, 3.05) is 5.32 Å². The second-order valence-corrected chi connectivity index (χ2v) is 6.39. The van der Waals surface area contributed by atoms with Gasteiger partial charge in [0, 0.05) is 24.2 Å². The zero-order valence-corrected chi connectivity index (χ0v) is 14.8. The fraction of sp³-hybridized carbons (Fsp3) is 0.0500. The molecule has 0 saturated carbocycles. The van der Waals surface area contributed by atoms with Crippen LogP contribution in [0.4, 0.5) is 5.69 Å². The summed E-state index contributed by atoms with van der Waals surface area (Å²) < 4.78 is 5.25. The molecule has 130 valence electrons. The maximum absolute atomic E-state index is 12.0. The molecule has 3 aromatic rings. The van der Waals surface area contributed by atoms with Gasteiger partial charge in [0.05, 0.1) is 4.88 Å². The predicted molar refractivity (Wildman–Crippen MR) is 102 cm³/mol. The van der Waals surface area contributed by atoms with E-state index in [9.17, 15) is 9.59 Å². The number of carbonyl (C=O) groups excluding carboxylic acids is 2. The average Bonchev–Trinajstić information content (AvgIpc) is 3.17.